The number of alkyl halides is 2. The molecule has 5 heteroatoms. The molecular formula is C7H8ClFO3. The molecule has 0 N–H and O–H groups in total. The number of Topliss-reactive ketones (excluding diaryl/α,β-unsaturated/α-hetero) is 1. The van der Waals surface area contributed by atoms with Crippen LogP contribution < -0.4 is 0 Å². The van der Waals surface area contributed by atoms with Gasteiger partial charge in [0.15, 0.2) is 11.2 Å². The van der Waals surface area contributed by atoms with Crippen LogP contribution in [-0.4, -0.2) is 30.4 Å². The maximum Gasteiger partial charge on any atom is 0.332 e. The van der Waals surface area contributed by atoms with Crippen molar-refractivity contribution in [3.05, 3.63) is 12.7 Å². The summed E-state index contributed by atoms with van der Waals surface area (Å²) in [5.41, 5.74) is 0. The second-order valence-corrected chi connectivity index (χ2v) is 2.32. The Balaban J connectivity index is 3.92. The van der Waals surface area contributed by atoms with Crippen LogP contribution in [0.5, 0.6) is 0 Å². The number of rotatable bonds is 5. The van der Waals surface area contributed by atoms with Crippen LogP contribution in [0.2, 0.25) is 0 Å². The van der Waals surface area contributed by atoms with Gasteiger partial charge in [0.2, 0.25) is 0 Å². The van der Waals surface area contributed by atoms with E-state index in [-0.39, 0.29) is 6.61 Å². The van der Waals surface area contributed by atoms with E-state index < -0.39 is 23.8 Å². The molecule has 0 aliphatic heterocycles. The topological polar surface area (TPSA) is 43.4 Å². The summed E-state index contributed by atoms with van der Waals surface area (Å²) in [7, 11) is 0. The summed E-state index contributed by atoms with van der Waals surface area (Å²) < 4.78 is 16.1. The molecule has 0 aliphatic rings. The fraction of sp³-hybridized carbons (Fsp3) is 0.429. The predicted molar refractivity (Wildman–Crippen MR) is 41.8 cm³/mol. The maximum atomic E-state index is 11.7. The highest BCUT2D eigenvalue weighted by molar-refractivity contribution is 6.41. The van der Waals surface area contributed by atoms with Gasteiger partial charge in [-0.2, -0.15) is 0 Å². The number of hydrogen-bond donors (Lipinski definition) is 0. The third-order valence-electron chi connectivity index (χ3n) is 0.965. The Kier molecular flexibility index (Phi) is 5.28. The number of ether oxygens (including phenoxy) is 1. The van der Waals surface area contributed by atoms with Gasteiger partial charge in [-0.15, -0.1) is 11.6 Å². The average molecular weight is 195 g/mol. The Morgan fingerprint density at radius 3 is 2.67 bits per heavy atom. The van der Waals surface area contributed by atoms with Crippen molar-refractivity contribution in [2.75, 3.05) is 13.3 Å². The molecular weight excluding hydrogens is 187 g/mol. The third-order valence-corrected chi connectivity index (χ3v) is 1.39. The van der Waals surface area contributed by atoms with Gasteiger partial charge < -0.3 is 4.74 Å². The quantitative estimate of drug-likeness (QED) is 0.282. The average Bonchev–Trinajstić information content (AvgIpc) is 2.11. The Bertz CT molecular complexity index is 193. The van der Waals surface area contributed by atoms with Crippen LogP contribution in [0.1, 0.15) is 0 Å². The van der Waals surface area contributed by atoms with E-state index in [4.69, 9.17) is 11.6 Å². The standard InChI is InChI=1S/C7H8ClFO3/c1-2-3-12-7(11)6(8)5(10)4-9/h2,6H,1,3-4H2. The molecule has 0 aromatic heterocycles. The van der Waals surface area contributed by atoms with E-state index >= 15 is 0 Å². The number of carbonyl (C=O) groups is 2. The van der Waals surface area contributed by atoms with Gasteiger partial charge >= 0.3 is 5.97 Å². The van der Waals surface area contributed by atoms with Crippen molar-refractivity contribution < 1.29 is 18.7 Å². The molecule has 0 spiro atoms. The molecule has 0 amide bonds. The Labute approximate surface area is 74.1 Å². The smallest absolute Gasteiger partial charge is 0.332 e. The zero-order valence-corrected chi connectivity index (χ0v) is 7.01. The molecule has 1 atom stereocenters. The normalized spacial score (nSPS) is 11.8. The van der Waals surface area contributed by atoms with E-state index in [1.807, 2.05) is 0 Å². The molecule has 0 saturated carbocycles. The predicted octanol–water partition coefficient (Wildman–Crippen LogP) is 0.862. The molecule has 0 fully saturated rings. The van der Waals surface area contributed by atoms with Crippen molar-refractivity contribution in [2.45, 2.75) is 5.38 Å². The van der Waals surface area contributed by atoms with Crippen molar-refractivity contribution in [1.82, 2.24) is 0 Å². The molecule has 0 rings (SSSR count). The minimum absolute atomic E-state index is 0.0401. The highest BCUT2D eigenvalue weighted by atomic mass is 35.5. The van der Waals surface area contributed by atoms with Crippen LogP contribution in [0.15, 0.2) is 12.7 Å². The summed E-state index contributed by atoms with van der Waals surface area (Å²) in [4.78, 5) is 21.2. The van der Waals surface area contributed by atoms with Crippen molar-refractivity contribution in [3.8, 4) is 0 Å². The van der Waals surface area contributed by atoms with Gasteiger partial charge in [0.25, 0.3) is 0 Å². The maximum absolute atomic E-state index is 11.7. The zero-order chi connectivity index (χ0) is 9.56. The van der Waals surface area contributed by atoms with Gasteiger partial charge in [-0.25, -0.2) is 9.18 Å². The number of esters is 1. The third kappa shape index (κ3) is 3.48. The molecule has 1 unspecified atom stereocenters. The van der Waals surface area contributed by atoms with Crippen molar-refractivity contribution in [2.24, 2.45) is 0 Å². The molecule has 0 saturated heterocycles. The fourth-order valence-corrected chi connectivity index (χ4v) is 0.535. The van der Waals surface area contributed by atoms with Crippen LogP contribution in [0, 0.1) is 0 Å². The van der Waals surface area contributed by atoms with Crippen molar-refractivity contribution in [1.29, 1.82) is 0 Å². The van der Waals surface area contributed by atoms with Gasteiger partial charge in [0.1, 0.15) is 13.3 Å². The number of ketones is 1. The molecule has 68 valence electrons. The fourth-order valence-electron chi connectivity index (χ4n) is 0.413. The molecule has 0 aromatic rings. The van der Waals surface area contributed by atoms with Gasteiger partial charge in [0, 0.05) is 0 Å². The van der Waals surface area contributed by atoms with Gasteiger partial charge in [-0.05, 0) is 0 Å². The van der Waals surface area contributed by atoms with Gasteiger partial charge in [-0.3, -0.25) is 4.79 Å². The van der Waals surface area contributed by atoms with Gasteiger partial charge in [-0.1, -0.05) is 12.7 Å². The summed E-state index contributed by atoms with van der Waals surface area (Å²) in [6.45, 7) is 1.97. The Hall–Kier alpha value is -0.900. The van der Waals surface area contributed by atoms with E-state index in [9.17, 15) is 14.0 Å². The lowest BCUT2D eigenvalue weighted by molar-refractivity contribution is -0.144. The molecule has 3 nitrogen and oxygen atoms in total. The highest BCUT2D eigenvalue weighted by Crippen LogP contribution is 2.01. The van der Waals surface area contributed by atoms with E-state index in [1.165, 1.54) is 6.08 Å². The van der Waals surface area contributed by atoms with Crippen molar-refractivity contribution >= 4 is 23.4 Å². The molecule has 0 radical (unpaired) electrons. The first-order valence-corrected chi connectivity index (χ1v) is 3.57. The minimum atomic E-state index is -1.55. The second-order valence-electron chi connectivity index (χ2n) is 1.88. The first-order valence-electron chi connectivity index (χ1n) is 3.13. The van der Waals surface area contributed by atoms with E-state index in [0.29, 0.717) is 0 Å². The highest BCUT2D eigenvalue weighted by Gasteiger charge is 2.24. The first-order chi connectivity index (χ1) is 5.63. The number of halogens is 2. The monoisotopic (exact) mass is 194 g/mol. The van der Waals surface area contributed by atoms with Crippen LogP contribution in [-0.2, 0) is 14.3 Å². The number of hydrogen-bond acceptors (Lipinski definition) is 3. The Morgan fingerprint density at radius 1 is 1.67 bits per heavy atom. The van der Waals surface area contributed by atoms with Crippen molar-refractivity contribution in [3.63, 3.8) is 0 Å². The van der Waals surface area contributed by atoms with Crippen LogP contribution in [0.4, 0.5) is 4.39 Å². The van der Waals surface area contributed by atoms with E-state index in [0.717, 1.165) is 0 Å². The SMILES string of the molecule is C=CCOC(=O)C(Cl)C(=O)CF. The summed E-state index contributed by atoms with van der Waals surface area (Å²) in [6, 6.07) is 0. The molecule has 0 bridgehead atoms. The van der Waals surface area contributed by atoms with Crippen LogP contribution in [0.25, 0.3) is 0 Å². The largest absolute Gasteiger partial charge is 0.460 e. The second kappa shape index (κ2) is 5.71. The summed E-state index contributed by atoms with van der Waals surface area (Å²) in [5.74, 6) is -1.94. The van der Waals surface area contributed by atoms with E-state index in [2.05, 4.69) is 11.3 Å². The molecule has 0 heterocycles. The van der Waals surface area contributed by atoms with Crippen LogP contribution >= 0.6 is 11.6 Å². The molecule has 0 aromatic carbocycles. The van der Waals surface area contributed by atoms with Gasteiger partial charge in [0.05, 0.1) is 0 Å². The first kappa shape index (κ1) is 11.1. The zero-order valence-electron chi connectivity index (χ0n) is 6.26. The lowest BCUT2D eigenvalue weighted by atomic mass is 10.3. The minimum Gasteiger partial charge on any atom is -0.460 e. The summed E-state index contributed by atoms with van der Waals surface area (Å²) in [6.07, 6.45) is 1.32. The van der Waals surface area contributed by atoms with Crippen LogP contribution in [0.3, 0.4) is 0 Å². The summed E-state index contributed by atoms with van der Waals surface area (Å²) in [5, 5.41) is -1.55. The lowest BCUT2D eigenvalue weighted by Gasteiger charge is -2.04. The summed E-state index contributed by atoms with van der Waals surface area (Å²) >= 11 is 5.22. The van der Waals surface area contributed by atoms with E-state index in [1.54, 1.807) is 0 Å². The molecule has 12 heavy (non-hydrogen) atoms. The number of carbonyl (C=O) groups excluding carboxylic acids is 2. The Morgan fingerprint density at radius 2 is 2.25 bits per heavy atom. The molecule has 0 aliphatic carbocycles. The lowest BCUT2D eigenvalue weighted by Crippen LogP contribution is -2.27.